The average Bonchev–Trinajstić information content (AvgIpc) is 2.61. The van der Waals surface area contributed by atoms with E-state index in [1.165, 1.54) is 5.57 Å². The van der Waals surface area contributed by atoms with Crippen LogP contribution in [0.3, 0.4) is 0 Å². The van der Waals surface area contributed by atoms with Crippen LogP contribution >= 0.6 is 0 Å². The standard InChI is InChI=1S/C13H15N/c1-2-7-12-10(4-1)5-3-6-11-8-14-9-13(11)12/h1-7,11-14H,8-9H2. The largest absolute Gasteiger partial charge is 0.316 e. The molecule has 0 amide bonds. The van der Waals surface area contributed by atoms with E-state index in [0.717, 1.165) is 24.9 Å². The van der Waals surface area contributed by atoms with Gasteiger partial charge in [0.15, 0.2) is 0 Å². The number of hydrogen-bond acceptors (Lipinski definition) is 1. The quantitative estimate of drug-likeness (QED) is 0.609. The average molecular weight is 185 g/mol. The summed E-state index contributed by atoms with van der Waals surface area (Å²) < 4.78 is 0. The first-order valence-corrected chi connectivity index (χ1v) is 5.39. The summed E-state index contributed by atoms with van der Waals surface area (Å²) in [6, 6.07) is 0. The second-order valence-corrected chi connectivity index (χ2v) is 4.31. The van der Waals surface area contributed by atoms with Crippen LogP contribution in [0.25, 0.3) is 0 Å². The maximum atomic E-state index is 3.49. The molecule has 3 atom stereocenters. The highest BCUT2D eigenvalue weighted by molar-refractivity contribution is 5.38. The molecule has 2 aliphatic carbocycles. The monoisotopic (exact) mass is 185 g/mol. The van der Waals surface area contributed by atoms with Gasteiger partial charge in [-0.15, -0.1) is 0 Å². The Morgan fingerprint density at radius 3 is 3.07 bits per heavy atom. The molecule has 3 rings (SSSR count). The molecule has 1 heteroatoms. The lowest BCUT2D eigenvalue weighted by Crippen LogP contribution is -2.21. The van der Waals surface area contributed by atoms with Gasteiger partial charge in [0.05, 0.1) is 0 Å². The third-order valence-electron chi connectivity index (χ3n) is 3.52. The van der Waals surface area contributed by atoms with Crippen LogP contribution in [0, 0.1) is 17.8 Å². The van der Waals surface area contributed by atoms with Crippen molar-refractivity contribution in [3.05, 3.63) is 48.1 Å². The lowest BCUT2D eigenvalue weighted by atomic mass is 9.79. The van der Waals surface area contributed by atoms with Crippen LogP contribution in [0.15, 0.2) is 48.1 Å². The summed E-state index contributed by atoms with van der Waals surface area (Å²) in [6.45, 7) is 2.31. The second kappa shape index (κ2) is 3.25. The summed E-state index contributed by atoms with van der Waals surface area (Å²) in [4.78, 5) is 0. The van der Waals surface area contributed by atoms with E-state index in [0.29, 0.717) is 5.92 Å². The molecule has 1 N–H and O–H groups in total. The van der Waals surface area contributed by atoms with Gasteiger partial charge in [-0.3, -0.25) is 0 Å². The highest BCUT2D eigenvalue weighted by atomic mass is 14.9. The molecule has 1 saturated heterocycles. The number of allylic oxidation sites excluding steroid dienone is 7. The van der Waals surface area contributed by atoms with Crippen LogP contribution in [0.4, 0.5) is 0 Å². The predicted molar refractivity (Wildman–Crippen MR) is 58.8 cm³/mol. The van der Waals surface area contributed by atoms with E-state index < -0.39 is 0 Å². The lowest BCUT2D eigenvalue weighted by molar-refractivity contribution is 0.419. The van der Waals surface area contributed by atoms with E-state index in [-0.39, 0.29) is 0 Å². The zero-order valence-corrected chi connectivity index (χ0v) is 8.19. The molecule has 0 radical (unpaired) electrons. The Morgan fingerprint density at radius 2 is 2.07 bits per heavy atom. The van der Waals surface area contributed by atoms with Crippen molar-refractivity contribution < 1.29 is 0 Å². The Morgan fingerprint density at radius 1 is 1.07 bits per heavy atom. The molecular formula is C13H15N. The Kier molecular flexibility index (Phi) is 1.91. The van der Waals surface area contributed by atoms with E-state index in [2.05, 4.69) is 47.8 Å². The summed E-state index contributed by atoms with van der Waals surface area (Å²) in [5.74, 6) is 2.13. The summed E-state index contributed by atoms with van der Waals surface area (Å²) in [5.41, 5.74) is 1.47. The van der Waals surface area contributed by atoms with Gasteiger partial charge in [-0.05, 0) is 24.0 Å². The number of nitrogens with one attached hydrogen (secondary N) is 1. The molecule has 1 nitrogen and oxygen atoms in total. The van der Waals surface area contributed by atoms with Crippen molar-refractivity contribution in [1.82, 2.24) is 5.32 Å². The van der Waals surface area contributed by atoms with Crippen LogP contribution in [-0.4, -0.2) is 13.1 Å². The lowest BCUT2D eigenvalue weighted by Gasteiger charge is -2.24. The molecular weight excluding hydrogens is 170 g/mol. The zero-order valence-electron chi connectivity index (χ0n) is 8.19. The first-order valence-electron chi connectivity index (χ1n) is 5.39. The third kappa shape index (κ3) is 1.20. The van der Waals surface area contributed by atoms with E-state index >= 15 is 0 Å². The van der Waals surface area contributed by atoms with E-state index in [9.17, 15) is 0 Å². The Bertz CT molecular complexity index is 346. The SMILES string of the molecule is C1=CC2=CC=CC3CNCC3C2C=C1. The van der Waals surface area contributed by atoms with Crippen LogP contribution < -0.4 is 5.32 Å². The fourth-order valence-corrected chi connectivity index (χ4v) is 2.76. The molecule has 14 heavy (non-hydrogen) atoms. The molecule has 3 unspecified atom stereocenters. The van der Waals surface area contributed by atoms with Gasteiger partial charge in [0.2, 0.25) is 0 Å². The molecule has 3 aliphatic rings. The van der Waals surface area contributed by atoms with Gasteiger partial charge >= 0.3 is 0 Å². The van der Waals surface area contributed by atoms with Crippen molar-refractivity contribution in [3.63, 3.8) is 0 Å². The Balaban J connectivity index is 1.99. The normalized spacial score (nSPS) is 38.9. The fraction of sp³-hybridized carbons (Fsp3) is 0.385. The van der Waals surface area contributed by atoms with Crippen molar-refractivity contribution in [2.75, 3.05) is 13.1 Å². The molecule has 0 saturated carbocycles. The van der Waals surface area contributed by atoms with Gasteiger partial charge in [0.1, 0.15) is 0 Å². The highest BCUT2D eigenvalue weighted by Gasteiger charge is 2.33. The van der Waals surface area contributed by atoms with Gasteiger partial charge in [0, 0.05) is 12.5 Å². The summed E-state index contributed by atoms with van der Waals surface area (Å²) in [6.07, 6.45) is 15.8. The highest BCUT2D eigenvalue weighted by Crippen LogP contribution is 2.36. The van der Waals surface area contributed by atoms with Crippen molar-refractivity contribution in [3.8, 4) is 0 Å². The molecule has 0 aromatic heterocycles. The molecule has 72 valence electrons. The van der Waals surface area contributed by atoms with Gasteiger partial charge < -0.3 is 5.32 Å². The molecule has 0 aromatic carbocycles. The van der Waals surface area contributed by atoms with Crippen LogP contribution in [0.1, 0.15) is 0 Å². The first kappa shape index (κ1) is 8.25. The second-order valence-electron chi connectivity index (χ2n) is 4.31. The minimum atomic E-state index is 0.634. The molecule has 0 aromatic rings. The first-order chi connectivity index (χ1) is 6.95. The van der Waals surface area contributed by atoms with Gasteiger partial charge in [-0.2, -0.15) is 0 Å². The van der Waals surface area contributed by atoms with E-state index in [1.807, 2.05) is 0 Å². The Labute approximate surface area is 84.9 Å². The molecule has 1 fully saturated rings. The molecule has 0 bridgehead atoms. The minimum Gasteiger partial charge on any atom is -0.316 e. The minimum absolute atomic E-state index is 0.634. The smallest absolute Gasteiger partial charge is 0.00675 e. The zero-order chi connectivity index (χ0) is 9.38. The summed E-state index contributed by atoms with van der Waals surface area (Å²) >= 11 is 0. The van der Waals surface area contributed by atoms with Crippen LogP contribution in [0.2, 0.25) is 0 Å². The third-order valence-corrected chi connectivity index (χ3v) is 3.52. The van der Waals surface area contributed by atoms with Crippen LogP contribution in [0.5, 0.6) is 0 Å². The molecule has 1 heterocycles. The van der Waals surface area contributed by atoms with Crippen molar-refractivity contribution in [2.24, 2.45) is 17.8 Å². The van der Waals surface area contributed by atoms with Gasteiger partial charge in [0.25, 0.3) is 0 Å². The molecule has 1 aliphatic heterocycles. The predicted octanol–water partition coefficient (Wildman–Crippen LogP) is 2.06. The Hall–Kier alpha value is -1.08. The summed E-state index contributed by atoms with van der Waals surface area (Å²) in [5, 5.41) is 3.49. The van der Waals surface area contributed by atoms with Gasteiger partial charge in [-0.25, -0.2) is 0 Å². The number of hydrogen-bond donors (Lipinski definition) is 1. The van der Waals surface area contributed by atoms with Crippen molar-refractivity contribution in [2.45, 2.75) is 0 Å². The molecule has 0 spiro atoms. The van der Waals surface area contributed by atoms with E-state index in [4.69, 9.17) is 0 Å². The number of fused-ring (bicyclic) bond motifs is 3. The van der Waals surface area contributed by atoms with Crippen molar-refractivity contribution >= 4 is 0 Å². The van der Waals surface area contributed by atoms with Crippen molar-refractivity contribution in [1.29, 1.82) is 0 Å². The number of rotatable bonds is 0. The maximum Gasteiger partial charge on any atom is 0.00675 e. The summed E-state index contributed by atoms with van der Waals surface area (Å²) in [7, 11) is 0. The van der Waals surface area contributed by atoms with Crippen LogP contribution in [-0.2, 0) is 0 Å². The van der Waals surface area contributed by atoms with E-state index in [1.54, 1.807) is 0 Å². The topological polar surface area (TPSA) is 12.0 Å². The maximum absolute atomic E-state index is 3.49. The fourth-order valence-electron chi connectivity index (χ4n) is 2.76. The van der Waals surface area contributed by atoms with Gasteiger partial charge in [-0.1, -0.05) is 42.5 Å².